The fraction of sp³-hybridized carbons (Fsp3) is 0.143. The van der Waals surface area contributed by atoms with Gasteiger partial charge in [-0.2, -0.15) is 0 Å². The summed E-state index contributed by atoms with van der Waals surface area (Å²) in [4.78, 5) is 21.1. The predicted molar refractivity (Wildman–Crippen MR) is 40.3 cm³/mol. The number of hydrogen-bond acceptors (Lipinski definition) is 2. The van der Waals surface area contributed by atoms with E-state index < -0.39 is 10.9 Å². The van der Waals surface area contributed by atoms with Crippen LogP contribution in [0, 0.1) is 0 Å². The first-order valence-corrected chi connectivity index (χ1v) is 3.15. The normalized spacial score (nSPS) is 10.1. The minimum atomic E-state index is -0.571. The smallest absolute Gasteiger partial charge is 0.244 e. The first kappa shape index (κ1) is 7.22. The van der Waals surface area contributed by atoms with Crippen LogP contribution in [0.3, 0.4) is 0 Å². The first-order chi connectivity index (χ1) is 4.68. The standard InChI is InChI=1S/C7H5ClO2/c1-2-3-4-5(8)7(10)6(4)9/h2H,1,3H2. The summed E-state index contributed by atoms with van der Waals surface area (Å²) in [5.41, 5.74) is -0.648. The number of rotatable bonds is 2. The molecule has 1 rings (SSSR count). The second kappa shape index (κ2) is 2.39. The van der Waals surface area contributed by atoms with E-state index in [2.05, 4.69) is 6.58 Å². The highest BCUT2D eigenvalue weighted by molar-refractivity contribution is 6.31. The molecule has 52 valence electrons. The number of hydrogen-bond donors (Lipinski definition) is 0. The van der Waals surface area contributed by atoms with E-state index in [0.29, 0.717) is 12.0 Å². The SMILES string of the molecule is C=CCc1c(Cl)c(=O)c1=O. The zero-order valence-corrected chi connectivity index (χ0v) is 5.94. The van der Waals surface area contributed by atoms with Crippen molar-refractivity contribution in [2.75, 3.05) is 0 Å². The molecule has 0 heterocycles. The van der Waals surface area contributed by atoms with Crippen LogP contribution >= 0.6 is 11.6 Å². The van der Waals surface area contributed by atoms with Crippen molar-refractivity contribution < 1.29 is 0 Å². The van der Waals surface area contributed by atoms with Gasteiger partial charge >= 0.3 is 0 Å². The number of allylic oxidation sites excluding steroid dienone is 1. The lowest BCUT2D eigenvalue weighted by atomic mass is 10.1. The molecule has 10 heavy (non-hydrogen) atoms. The zero-order valence-electron chi connectivity index (χ0n) is 5.19. The van der Waals surface area contributed by atoms with Crippen LogP contribution in [-0.4, -0.2) is 0 Å². The van der Waals surface area contributed by atoms with Gasteiger partial charge in [0.05, 0.1) is 5.02 Å². The third-order valence-corrected chi connectivity index (χ3v) is 1.69. The van der Waals surface area contributed by atoms with Crippen molar-refractivity contribution in [1.82, 2.24) is 0 Å². The molecule has 0 bridgehead atoms. The van der Waals surface area contributed by atoms with E-state index >= 15 is 0 Å². The Kier molecular flexibility index (Phi) is 1.72. The maximum absolute atomic E-state index is 10.6. The van der Waals surface area contributed by atoms with E-state index in [9.17, 15) is 9.59 Å². The molecule has 0 aliphatic heterocycles. The van der Waals surface area contributed by atoms with Crippen LogP contribution in [-0.2, 0) is 6.42 Å². The summed E-state index contributed by atoms with van der Waals surface area (Å²) in [6.07, 6.45) is 1.94. The average Bonchev–Trinajstić information content (AvgIpc) is 1.98. The largest absolute Gasteiger partial charge is 0.285 e. The second-order valence-electron chi connectivity index (χ2n) is 1.94. The maximum atomic E-state index is 10.6. The fourth-order valence-electron chi connectivity index (χ4n) is 0.738. The van der Waals surface area contributed by atoms with Crippen molar-refractivity contribution >= 4 is 11.6 Å². The fourth-order valence-corrected chi connectivity index (χ4v) is 0.986. The molecular weight excluding hydrogens is 152 g/mol. The Hall–Kier alpha value is -0.890. The Bertz CT molecular complexity index is 331. The van der Waals surface area contributed by atoms with Gasteiger partial charge in [-0.05, 0) is 6.42 Å². The highest BCUT2D eigenvalue weighted by Gasteiger charge is 2.16. The van der Waals surface area contributed by atoms with E-state index in [1.165, 1.54) is 0 Å². The molecule has 1 aromatic carbocycles. The van der Waals surface area contributed by atoms with E-state index in [4.69, 9.17) is 11.6 Å². The molecule has 0 amide bonds. The van der Waals surface area contributed by atoms with Crippen molar-refractivity contribution in [1.29, 1.82) is 0 Å². The molecule has 0 saturated heterocycles. The lowest BCUT2D eigenvalue weighted by Gasteiger charge is -1.99. The minimum Gasteiger partial charge on any atom is -0.285 e. The third kappa shape index (κ3) is 0.809. The number of halogens is 1. The summed E-state index contributed by atoms with van der Waals surface area (Å²) in [7, 11) is 0. The lowest BCUT2D eigenvalue weighted by molar-refractivity contribution is 1.17. The molecule has 0 aromatic heterocycles. The lowest BCUT2D eigenvalue weighted by Crippen LogP contribution is -2.35. The Labute approximate surface area is 62.4 Å². The summed E-state index contributed by atoms with van der Waals surface area (Å²) in [5, 5.41) is 0.0740. The predicted octanol–water partition coefficient (Wildman–Crippen LogP) is 0.664. The van der Waals surface area contributed by atoms with Gasteiger partial charge in [-0.1, -0.05) is 17.7 Å². The van der Waals surface area contributed by atoms with Gasteiger partial charge < -0.3 is 0 Å². The van der Waals surface area contributed by atoms with Gasteiger partial charge in [0.25, 0.3) is 0 Å². The van der Waals surface area contributed by atoms with Crippen LogP contribution in [0.4, 0.5) is 0 Å². The van der Waals surface area contributed by atoms with Crippen molar-refractivity contribution in [2.45, 2.75) is 6.42 Å². The van der Waals surface area contributed by atoms with Gasteiger partial charge in [-0.3, -0.25) is 9.59 Å². The van der Waals surface area contributed by atoms with E-state index in [1.807, 2.05) is 0 Å². The summed E-state index contributed by atoms with van der Waals surface area (Å²) >= 11 is 5.40. The molecular formula is C7H5ClO2. The van der Waals surface area contributed by atoms with Gasteiger partial charge in [0.2, 0.25) is 10.9 Å². The van der Waals surface area contributed by atoms with E-state index in [-0.39, 0.29) is 5.02 Å². The first-order valence-electron chi connectivity index (χ1n) is 2.77. The van der Waals surface area contributed by atoms with Crippen LogP contribution in [0.15, 0.2) is 22.2 Å². The van der Waals surface area contributed by atoms with Crippen LogP contribution in [0.2, 0.25) is 5.02 Å². The van der Waals surface area contributed by atoms with Crippen LogP contribution in [0.25, 0.3) is 0 Å². The van der Waals surface area contributed by atoms with Gasteiger partial charge in [0, 0.05) is 5.56 Å². The highest BCUT2D eigenvalue weighted by Crippen LogP contribution is 2.08. The molecule has 1 aromatic rings. The molecule has 3 heteroatoms. The Morgan fingerprint density at radius 2 is 2.00 bits per heavy atom. The third-order valence-electron chi connectivity index (χ3n) is 1.29. The average molecular weight is 157 g/mol. The Morgan fingerprint density at radius 1 is 1.40 bits per heavy atom. The molecule has 0 atom stereocenters. The van der Waals surface area contributed by atoms with Crippen molar-refractivity contribution in [3.05, 3.63) is 43.7 Å². The molecule has 0 saturated carbocycles. The molecule has 0 radical (unpaired) electrons. The quantitative estimate of drug-likeness (QED) is 0.466. The topological polar surface area (TPSA) is 34.1 Å². The van der Waals surface area contributed by atoms with E-state index in [0.717, 1.165) is 0 Å². The van der Waals surface area contributed by atoms with Crippen molar-refractivity contribution in [3.63, 3.8) is 0 Å². The molecule has 0 spiro atoms. The zero-order chi connectivity index (χ0) is 7.72. The maximum Gasteiger partial charge on any atom is 0.244 e. The summed E-state index contributed by atoms with van der Waals surface area (Å²) < 4.78 is 0. The highest BCUT2D eigenvalue weighted by atomic mass is 35.5. The van der Waals surface area contributed by atoms with Crippen LogP contribution in [0.5, 0.6) is 0 Å². The summed E-state index contributed by atoms with van der Waals surface area (Å²) in [6, 6.07) is 0. The van der Waals surface area contributed by atoms with Gasteiger partial charge in [0.15, 0.2) is 0 Å². The molecule has 0 N–H and O–H groups in total. The molecule has 0 aliphatic carbocycles. The molecule has 0 aliphatic rings. The van der Waals surface area contributed by atoms with Crippen molar-refractivity contribution in [3.8, 4) is 0 Å². The minimum absolute atomic E-state index is 0.0740. The Balaban J connectivity index is 3.10. The van der Waals surface area contributed by atoms with Gasteiger partial charge in [0.1, 0.15) is 0 Å². The van der Waals surface area contributed by atoms with Gasteiger partial charge in [-0.25, -0.2) is 0 Å². The molecule has 0 unspecified atom stereocenters. The van der Waals surface area contributed by atoms with Crippen LogP contribution < -0.4 is 10.9 Å². The van der Waals surface area contributed by atoms with E-state index in [1.54, 1.807) is 6.08 Å². The summed E-state index contributed by atoms with van der Waals surface area (Å²) in [6.45, 7) is 3.42. The summed E-state index contributed by atoms with van der Waals surface area (Å²) in [5.74, 6) is 0. The molecule has 2 nitrogen and oxygen atoms in total. The second-order valence-corrected chi connectivity index (χ2v) is 2.32. The van der Waals surface area contributed by atoms with Gasteiger partial charge in [-0.15, -0.1) is 6.58 Å². The Morgan fingerprint density at radius 3 is 2.40 bits per heavy atom. The monoisotopic (exact) mass is 156 g/mol. The molecule has 0 fully saturated rings. The van der Waals surface area contributed by atoms with Crippen LogP contribution in [0.1, 0.15) is 5.56 Å². The van der Waals surface area contributed by atoms with Crippen molar-refractivity contribution in [2.24, 2.45) is 0 Å².